The van der Waals surface area contributed by atoms with Gasteiger partial charge < -0.3 is 10.4 Å². The van der Waals surface area contributed by atoms with Crippen LogP contribution in [0.3, 0.4) is 0 Å². The molecule has 0 aromatic carbocycles. The molecule has 0 saturated heterocycles. The molecule has 2 rings (SSSR count). The van der Waals surface area contributed by atoms with Gasteiger partial charge in [0.2, 0.25) is 0 Å². The van der Waals surface area contributed by atoms with Gasteiger partial charge in [0.05, 0.1) is 18.3 Å². The van der Waals surface area contributed by atoms with Crippen molar-refractivity contribution in [1.82, 2.24) is 15.3 Å². The first-order valence-electron chi connectivity index (χ1n) is 6.70. The zero-order chi connectivity index (χ0) is 16.3. The molecule has 1 amide bonds. The molecule has 1 heterocycles. The van der Waals surface area contributed by atoms with Crippen molar-refractivity contribution in [2.45, 2.75) is 37.9 Å². The van der Waals surface area contributed by atoms with Gasteiger partial charge in [-0.05, 0) is 25.7 Å². The Hall–Kier alpha value is -2.19. The number of halogens is 3. The lowest BCUT2D eigenvalue weighted by Crippen LogP contribution is -2.40. The molecule has 0 bridgehead atoms. The summed E-state index contributed by atoms with van der Waals surface area (Å²) in [5, 5.41) is 11.3. The highest BCUT2D eigenvalue weighted by molar-refractivity contribution is 5.92. The largest absolute Gasteiger partial charge is 0.476 e. The van der Waals surface area contributed by atoms with E-state index in [1.54, 1.807) is 0 Å². The predicted molar refractivity (Wildman–Crippen MR) is 68.3 cm³/mol. The van der Waals surface area contributed by atoms with Gasteiger partial charge in [-0.3, -0.25) is 4.79 Å². The average molecular weight is 317 g/mol. The maximum absolute atomic E-state index is 12.5. The average Bonchev–Trinajstić information content (AvgIpc) is 2.47. The van der Waals surface area contributed by atoms with Crippen molar-refractivity contribution in [2.75, 3.05) is 0 Å². The van der Waals surface area contributed by atoms with E-state index < -0.39 is 24.0 Å². The van der Waals surface area contributed by atoms with Crippen LogP contribution in [0, 0.1) is 5.92 Å². The summed E-state index contributed by atoms with van der Waals surface area (Å²) < 4.78 is 37.6. The van der Waals surface area contributed by atoms with E-state index in [1.165, 1.54) is 0 Å². The number of rotatable bonds is 3. The molecular weight excluding hydrogens is 303 g/mol. The number of hydrogen-bond donors (Lipinski definition) is 2. The fourth-order valence-electron chi connectivity index (χ4n) is 2.38. The van der Waals surface area contributed by atoms with Gasteiger partial charge in [0.1, 0.15) is 5.69 Å². The summed E-state index contributed by atoms with van der Waals surface area (Å²) in [5.41, 5.74) is -0.356. The maximum atomic E-state index is 12.5. The zero-order valence-electron chi connectivity index (χ0n) is 11.4. The molecule has 1 aliphatic carbocycles. The number of carbonyl (C=O) groups excluding carboxylic acids is 1. The molecule has 0 aliphatic heterocycles. The third-order valence-electron chi connectivity index (χ3n) is 3.63. The molecule has 1 saturated carbocycles. The lowest BCUT2D eigenvalue weighted by molar-refractivity contribution is -0.182. The van der Waals surface area contributed by atoms with Gasteiger partial charge in [-0.2, -0.15) is 13.2 Å². The summed E-state index contributed by atoms with van der Waals surface area (Å²) in [4.78, 5) is 29.8. The number of aromatic nitrogens is 2. The van der Waals surface area contributed by atoms with Crippen LogP contribution in [0.15, 0.2) is 12.4 Å². The van der Waals surface area contributed by atoms with Crippen molar-refractivity contribution in [3.05, 3.63) is 23.8 Å². The summed E-state index contributed by atoms with van der Waals surface area (Å²) in [6, 6.07) is -0.341. The number of nitrogens with one attached hydrogen (secondary N) is 1. The Kier molecular flexibility index (Phi) is 4.62. The van der Waals surface area contributed by atoms with Crippen molar-refractivity contribution in [1.29, 1.82) is 0 Å². The molecule has 0 radical (unpaired) electrons. The van der Waals surface area contributed by atoms with Crippen LogP contribution in [-0.4, -0.2) is 39.2 Å². The Morgan fingerprint density at radius 1 is 1.09 bits per heavy atom. The van der Waals surface area contributed by atoms with Crippen LogP contribution >= 0.6 is 0 Å². The van der Waals surface area contributed by atoms with E-state index in [0.29, 0.717) is 0 Å². The SMILES string of the molecule is O=C(O)c1cnc(C(=O)NC2CCC(C(F)(F)F)CC2)cn1. The second-order valence-electron chi connectivity index (χ2n) is 5.16. The van der Waals surface area contributed by atoms with Crippen molar-refractivity contribution < 1.29 is 27.9 Å². The highest BCUT2D eigenvalue weighted by Gasteiger charge is 2.41. The molecular formula is C13H14F3N3O3. The van der Waals surface area contributed by atoms with E-state index in [9.17, 15) is 22.8 Å². The van der Waals surface area contributed by atoms with Gasteiger partial charge in [-0.15, -0.1) is 0 Å². The molecule has 9 heteroatoms. The Morgan fingerprint density at radius 2 is 1.64 bits per heavy atom. The van der Waals surface area contributed by atoms with E-state index >= 15 is 0 Å². The first-order chi connectivity index (χ1) is 10.3. The fourth-order valence-corrected chi connectivity index (χ4v) is 2.38. The first kappa shape index (κ1) is 16.2. The molecule has 0 spiro atoms. The summed E-state index contributed by atoms with van der Waals surface area (Å²) in [6.45, 7) is 0. The van der Waals surface area contributed by atoms with Crippen molar-refractivity contribution >= 4 is 11.9 Å². The Bertz CT molecular complexity index is 552. The van der Waals surface area contributed by atoms with Crippen LogP contribution in [0.1, 0.15) is 46.7 Å². The molecule has 1 aliphatic rings. The van der Waals surface area contributed by atoms with Crippen LogP contribution in [0.2, 0.25) is 0 Å². The minimum absolute atomic E-state index is 0.0158. The fraction of sp³-hybridized carbons (Fsp3) is 0.538. The van der Waals surface area contributed by atoms with Gasteiger partial charge in [0.25, 0.3) is 5.91 Å². The lowest BCUT2D eigenvalue weighted by Gasteiger charge is -2.30. The third-order valence-corrected chi connectivity index (χ3v) is 3.63. The normalized spacial score (nSPS) is 22.1. The number of carboxylic acid groups (broad SMARTS) is 1. The predicted octanol–water partition coefficient (Wildman–Crippen LogP) is 2.03. The van der Waals surface area contributed by atoms with E-state index in [1.807, 2.05) is 0 Å². The molecule has 1 aromatic rings. The molecule has 120 valence electrons. The Labute approximate surface area is 123 Å². The third kappa shape index (κ3) is 3.92. The van der Waals surface area contributed by atoms with Gasteiger partial charge in [-0.25, -0.2) is 14.8 Å². The molecule has 1 aromatic heterocycles. The second-order valence-corrected chi connectivity index (χ2v) is 5.16. The molecule has 6 nitrogen and oxygen atoms in total. The van der Waals surface area contributed by atoms with Gasteiger partial charge in [-0.1, -0.05) is 0 Å². The number of amides is 1. The number of carbonyl (C=O) groups is 2. The minimum Gasteiger partial charge on any atom is -0.476 e. The zero-order valence-corrected chi connectivity index (χ0v) is 11.4. The van der Waals surface area contributed by atoms with Crippen LogP contribution in [0.4, 0.5) is 13.2 Å². The maximum Gasteiger partial charge on any atom is 0.391 e. The number of alkyl halides is 3. The minimum atomic E-state index is -4.19. The van der Waals surface area contributed by atoms with Gasteiger partial charge in [0, 0.05) is 6.04 Å². The topological polar surface area (TPSA) is 92.2 Å². The Morgan fingerprint density at radius 3 is 2.09 bits per heavy atom. The number of nitrogens with zero attached hydrogens (tertiary/aromatic N) is 2. The Balaban J connectivity index is 1.89. The number of aromatic carboxylic acids is 1. The van der Waals surface area contributed by atoms with Crippen molar-refractivity contribution in [2.24, 2.45) is 5.92 Å². The van der Waals surface area contributed by atoms with Crippen molar-refractivity contribution in [3.8, 4) is 0 Å². The van der Waals surface area contributed by atoms with Crippen LogP contribution in [0.25, 0.3) is 0 Å². The van der Waals surface area contributed by atoms with E-state index in [2.05, 4.69) is 15.3 Å². The highest BCUT2D eigenvalue weighted by Crippen LogP contribution is 2.37. The highest BCUT2D eigenvalue weighted by atomic mass is 19.4. The monoisotopic (exact) mass is 317 g/mol. The summed E-state index contributed by atoms with van der Waals surface area (Å²) in [5.74, 6) is -3.14. The first-order valence-corrected chi connectivity index (χ1v) is 6.70. The second kappa shape index (κ2) is 6.29. The van der Waals surface area contributed by atoms with Gasteiger partial charge >= 0.3 is 12.1 Å². The quantitative estimate of drug-likeness (QED) is 0.890. The van der Waals surface area contributed by atoms with Crippen LogP contribution in [-0.2, 0) is 0 Å². The molecule has 2 N–H and O–H groups in total. The van der Waals surface area contributed by atoms with Gasteiger partial charge in [0.15, 0.2) is 5.69 Å². The summed E-state index contributed by atoms with van der Waals surface area (Å²) in [6.07, 6.45) is -1.74. The lowest BCUT2D eigenvalue weighted by atomic mass is 9.85. The molecule has 0 atom stereocenters. The molecule has 22 heavy (non-hydrogen) atoms. The summed E-state index contributed by atoms with van der Waals surface area (Å²) >= 11 is 0. The molecule has 0 unspecified atom stereocenters. The smallest absolute Gasteiger partial charge is 0.391 e. The van der Waals surface area contributed by atoms with E-state index in [0.717, 1.165) is 12.4 Å². The number of hydrogen-bond acceptors (Lipinski definition) is 4. The standard InChI is InChI=1S/C13H14F3N3O3/c14-13(15,16)7-1-3-8(4-2-7)19-11(20)9-5-18-10(6-17-9)12(21)22/h5-8H,1-4H2,(H,19,20)(H,21,22). The number of carboxylic acids is 1. The van der Waals surface area contributed by atoms with Crippen LogP contribution < -0.4 is 5.32 Å². The van der Waals surface area contributed by atoms with E-state index in [-0.39, 0.29) is 43.1 Å². The molecule has 1 fully saturated rings. The van der Waals surface area contributed by atoms with Crippen LogP contribution in [0.5, 0.6) is 0 Å². The van der Waals surface area contributed by atoms with Crippen molar-refractivity contribution in [3.63, 3.8) is 0 Å². The van der Waals surface area contributed by atoms with E-state index in [4.69, 9.17) is 5.11 Å². The summed E-state index contributed by atoms with van der Waals surface area (Å²) in [7, 11) is 0.